The van der Waals surface area contributed by atoms with Gasteiger partial charge in [0.25, 0.3) is 0 Å². The smallest absolute Gasteiger partial charge is 0.148 e. The Morgan fingerprint density at radius 3 is 2.41 bits per heavy atom. The number of hydrogen-bond donors (Lipinski definition) is 2. The summed E-state index contributed by atoms with van der Waals surface area (Å²) in [6, 6.07) is 4.90. The maximum absolute atomic E-state index is 10.7. The highest BCUT2D eigenvalue weighted by atomic mass is 16.5. The first kappa shape index (κ1) is 13.4. The van der Waals surface area contributed by atoms with E-state index in [1.807, 2.05) is 0 Å². The lowest BCUT2D eigenvalue weighted by atomic mass is 10.1. The monoisotopic (exact) mass is 240 g/mol. The fourth-order valence-corrected chi connectivity index (χ4v) is 1.64. The molecule has 0 saturated heterocycles. The van der Waals surface area contributed by atoms with Crippen molar-refractivity contribution in [3.8, 4) is 5.75 Å². The van der Waals surface area contributed by atoms with Crippen LogP contribution in [0.25, 0.3) is 0 Å². The van der Waals surface area contributed by atoms with Crippen LogP contribution in [-0.4, -0.2) is 23.6 Å². The Labute approximate surface area is 99.4 Å². The normalized spacial score (nSPS) is 13.9. The van der Waals surface area contributed by atoms with E-state index >= 15 is 0 Å². The summed E-state index contributed by atoms with van der Waals surface area (Å²) < 4.78 is 5.11. The van der Waals surface area contributed by atoms with Gasteiger partial charge in [-0.1, -0.05) is 6.07 Å². The molecule has 0 heterocycles. The molecular weight excluding hydrogens is 224 g/mol. The number of nitrogens with zero attached hydrogens (tertiary/aromatic N) is 2. The van der Waals surface area contributed by atoms with Gasteiger partial charge < -0.3 is 14.9 Å². The van der Waals surface area contributed by atoms with Crippen molar-refractivity contribution in [1.29, 1.82) is 0 Å². The molecule has 2 N–H and O–H groups in total. The second-order valence-corrected chi connectivity index (χ2v) is 3.63. The van der Waals surface area contributed by atoms with Gasteiger partial charge in [0.05, 0.1) is 24.2 Å². The number of rotatable bonds is 5. The van der Waals surface area contributed by atoms with Crippen LogP contribution in [0.4, 0.5) is 5.69 Å². The second-order valence-electron chi connectivity index (χ2n) is 3.63. The third-order valence-corrected chi connectivity index (χ3v) is 2.37. The molecule has 0 aliphatic rings. The van der Waals surface area contributed by atoms with Crippen molar-refractivity contribution in [2.75, 3.05) is 12.1 Å². The Kier molecular flexibility index (Phi) is 4.42. The van der Waals surface area contributed by atoms with E-state index < -0.39 is 12.3 Å². The number of benzene rings is 1. The fourth-order valence-electron chi connectivity index (χ4n) is 1.64. The minimum absolute atomic E-state index is 0.323. The quantitative estimate of drug-likeness (QED) is 0.464. The van der Waals surface area contributed by atoms with E-state index in [0.717, 1.165) is 5.01 Å². The lowest BCUT2D eigenvalue weighted by Crippen LogP contribution is -2.28. The number of ether oxygens (including phenoxy) is 1. The van der Waals surface area contributed by atoms with Gasteiger partial charge in [-0.3, -0.25) is 0 Å². The van der Waals surface area contributed by atoms with Crippen LogP contribution in [0.5, 0.6) is 5.75 Å². The second kappa shape index (κ2) is 5.60. The molecule has 0 bridgehead atoms. The van der Waals surface area contributed by atoms with Gasteiger partial charge in [0.15, 0.2) is 0 Å². The molecule has 2 atom stereocenters. The molecule has 1 aromatic carbocycles. The van der Waals surface area contributed by atoms with Crippen LogP contribution in [0.2, 0.25) is 0 Å². The van der Waals surface area contributed by atoms with Crippen molar-refractivity contribution in [2.24, 2.45) is 5.29 Å². The van der Waals surface area contributed by atoms with Gasteiger partial charge in [0.1, 0.15) is 12.0 Å². The summed E-state index contributed by atoms with van der Waals surface area (Å²) in [6.07, 6.45) is -1.93. The minimum atomic E-state index is -1.09. The number of hydrogen-bond acceptors (Lipinski definition) is 5. The third kappa shape index (κ3) is 2.72. The standard InChI is InChI=1S/C11H16N2O4/c1-7(14)11-9(13(12-16)8(2)15)5-4-6-10(11)17-3/h4-8,14-15H,1-3H3. The maximum atomic E-state index is 10.7. The Balaban J connectivity index is 3.36. The van der Waals surface area contributed by atoms with Crippen LogP contribution in [0.1, 0.15) is 25.5 Å². The summed E-state index contributed by atoms with van der Waals surface area (Å²) >= 11 is 0. The third-order valence-electron chi connectivity index (χ3n) is 2.37. The molecule has 0 saturated carbocycles. The largest absolute Gasteiger partial charge is 0.496 e. The molecule has 0 spiro atoms. The summed E-state index contributed by atoms with van der Waals surface area (Å²) in [5.41, 5.74) is 0.736. The van der Waals surface area contributed by atoms with Crippen LogP contribution < -0.4 is 9.75 Å². The van der Waals surface area contributed by atoms with Crippen LogP contribution in [0.15, 0.2) is 23.5 Å². The van der Waals surface area contributed by atoms with E-state index in [2.05, 4.69) is 5.29 Å². The molecule has 17 heavy (non-hydrogen) atoms. The number of aliphatic hydroxyl groups excluding tert-OH is 2. The fraction of sp³-hybridized carbons (Fsp3) is 0.455. The summed E-state index contributed by atoms with van der Waals surface area (Å²) in [5, 5.41) is 22.8. The van der Waals surface area contributed by atoms with Crippen molar-refractivity contribution >= 4 is 5.69 Å². The van der Waals surface area contributed by atoms with Gasteiger partial charge in [-0.25, -0.2) is 5.01 Å². The molecule has 0 aliphatic carbocycles. The molecule has 2 unspecified atom stereocenters. The van der Waals surface area contributed by atoms with Crippen molar-refractivity contribution in [3.05, 3.63) is 28.7 Å². The average Bonchev–Trinajstić information content (AvgIpc) is 2.28. The highest BCUT2D eigenvalue weighted by molar-refractivity contribution is 5.60. The molecule has 0 radical (unpaired) electrons. The van der Waals surface area contributed by atoms with Crippen LogP contribution in [0.3, 0.4) is 0 Å². The van der Waals surface area contributed by atoms with Gasteiger partial charge in [-0.2, -0.15) is 0 Å². The van der Waals surface area contributed by atoms with E-state index in [9.17, 15) is 15.1 Å². The predicted octanol–water partition coefficient (Wildman–Crippen LogP) is 1.57. The van der Waals surface area contributed by atoms with Gasteiger partial charge in [0, 0.05) is 5.56 Å². The first-order chi connectivity index (χ1) is 8.02. The minimum Gasteiger partial charge on any atom is -0.496 e. The molecule has 0 aliphatic heterocycles. The van der Waals surface area contributed by atoms with Crippen molar-refractivity contribution in [2.45, 2.75) is 26.2 Å². The zero-order valence-corrected chi connectivity index (χ0v) is 9.99. The summed E-state index contributed by atoms with van der Waals surface area (Å²) in [7, 11) is 1.46. The summed E-state index contributed by atoms with van der Waals surface area (Å²) in [4.78, 5) is 10.7. The topological polar surface area (TPSA) is 82.4 Å². The molecule has 6 heteroatoms. The van der Waals surface area contributed by atoms with E-state index in [1.165, 1.54) is 14.0 Å². The Morgan fingerprint density at radius 2 is 2.00 bits per heavy atom. The zero-order valence-electron chi connectivity index (χ0n) is 9.99. The van der Waals surface area contributed by atoms with Gasteiger partial charge in [-0.15, -0.1) is 4.91 Å². The van der Waals surface area contributed by atoms with Gasteiger partial charge >= 0.3 is 0 Å². The van der Waals surface area contributed by atoms with E-state index in [-0.39, 0.29) is 0 Å². The first-order valence-corrected chi connectivity index (χ1v) is 5.18. The molecule has 1 aromatic rings. The predicted molar refractivity (Wildman–Crippen MR) is 63.6 cm³/mol. The summed E-state index contributed by atoms with van der Waals surface area (Å²) in [6.45, 7) is 2.96. The SMILES string of the molecule is COc1cccc(N(N=O)C(C)O)c1C(C)O. The number of aliphatic hydroxyl groups is 2. The molecule has 0 aromatic heterocycles. The van der Waals surface area contributed by atoms with Crippen molar-refractivity contribution in [1.82, 2.24) is 0 Å². The number of methoxy groups -OCH3 is 1. The molecule has 94 valence electrons. The summed E-state index contributed by atoms with van der Waals surface area (Å²) in [5.74, 6) is 0.437. The van der Waals surface area contributed by atoms with Crippen molar-refractivity contribution in [3.63, 3.8) is 0 Å². The molecule has 1 rings (SSSR count). The molecule has 0 amide bonds. The maximum Gasteiger partial charge on any atom is 0.148 e. The molecule has 6 nitrogen and oxygen atoms in total. The lowest BCUT2D eigenvalue weighted by molar-refractivity contribution is 0.181. The van der Waals surface area contributed by atoms with Gasteiger partial charge in [0.2, 0.25) is 0 Å². The van der Waals surface area contributed by atoms with E-state index in [4.69, 9.17) is 4.74 Å². The average molecular weight is 240 g/mol. The van der Waals surface area contributed by atoms with Crippen molar-refractivity contribution < 1.29 is 14.9 Å². The highest BCUT2D eigenvalue weighted by Gasteiger charge is 2.21. The molecular formula is C11H16N2O4. The van der Waals surface area contributed by atoms with E-state index in [1.54, 1.807) is 25.1 Å². The van der Waals surface area contributed by atoms with Crippen LogP contribution >= 0.6 is 0 Å². The van der Waals surface area contributed by atoms with E-state index in [0.29, 0.717) is 17.0 Å². The number of nitroso groups, excluding NO2 is 1. The van der Waals surface area contributed by atoms with Crippen LogP contribution in [-0.2, 0) is 0 Å². The number of anilines is 1. The van der Waals surface area contributed by atoms with Crippen LogP contribution in [0, 0.1) is 4.91 Å². The Bertz CT molecular complexity index is 393. The zero-order chi connectivity index (χ0) is 13.0. The first-order valence-electron chi connectivity index (χ1n) is 5.18. The Morgan fingerprint density at radius 1 is 1.35 bits per heavy atom. The molecule has 0 fully saturated rings. The Hall–Kier alpha value is -1.66. The lowest BCUT2D eigenvalue weighted by Gasteiger charge is -2.23. The highest BCUT2D eigenvalue weighted by Crippen LogP contribution is 2.35. The van der Waals surface area contributed by atoms with Gasteiger partial charge in [-0.05, 0) is 26.0 Å².